The number of aromatic hydroxyl groups is 1. The number of aromatic nitrogens is 2. The van der Waals surface area contributed by atoms with Crippen molar-refractivity contribution in [3.63, 3.8) is 0 Å². The monoisotopic (exact) mass is 413 g/mol. The van der Waals surface area contributed by atoms with Gasteiger partial charge < -0.3 is 9.84 Å². The normalized spacial score (nSPS) is 11.1. The predicted molar refractivity (Wildman–Crippen MR) is 119 cm³/mol. The largest absolute Gasteiger partial charge is 0.494 e. The lowest BCUT2D eigenvalue weighted by Crippen LogP contribution is -2.20. The molecule has 2 heterocycles. The van der Waals surface area contributed by atoms with E-state index in [-0.39, 0.29) is 18.0 Å². The standard InChI is InChI=1S/C24H19N3O4/c1-2-31-24(30)16-9-11-18(12-10-16)27-22(28)20-8-4-3-7-19(20)21(23(27)29)15-26-17-6-5-13-25-14-17/h3-15,29H,2H2,1H3. The van der Waals surface area contributed by atoms with Crippen molar-refractivity contribution in [3.05, 3.63) is 94.5 Å². The van der Waals surface area contributed by atoms with Crippen LogP contribution < -0.4 is 5.56 Å². The van der Waals surface area contributed by atoms with Crippen LogP contribution in [-0.2, 0) is 4.74 Å². The molecule has 4 rings (SSSR count). The van der Waals surface area contributed by atoms with Crippen LogP contribution in [0.25, 0.3) is 16.5 Å². The van der Waals surface area contributed by atoms with E-state index < -0.39 is 5.97 Å². The van der Waals surface area contributed by atoms with Crippen LogP contribution in [-0.4, -0.2) is 33.4 Å². The van der Waals surface area contributed by atoms with E-state index in [2.05, 4.69) is 9.98 Å². The van der Waals surface area contributed by atoms with Gasteiger partial charge in [-0.15, -0.1) is 0 Å². The predicted octanol–water partition coefficient (Wildman–Crippen LogP) is 4.02. The molecule has 0 amide bonds. The van der Waals surface area contributed by atoms with E-state index in [4.69, 9.17) is 4.74 Å². The molecule has 0 aliphatic carbocycles. The summed E-state index contributed by atoms with van der Waals surface area (Å²) in [7, 11) is 0. The summed E-state index contributed by atoms with van der Waals surface area (Å²) in [5.74, 6) is -0.700. The number of rotatable bonds is 5. The van der Waals surface area contributed by atoms with Gasteiger partial charge in [-0.05, 0) is 49.4 Å². The molecular formula is C24H19N3O4. The summed E-state index contributed by atoms with van der Waals surface area (Å²) < 4.78 is 6.19. The maximum absolute atomic E-state index is 13.2. The molecule has 7 heteroatoms. The first kappa shape index (κ1) is 20.0. The van der Waals surface area contributed by atoms with E-state index in [0.29, 0.717) is 33.3 Å². The molecule has 0 aliphatic rings. The molecule has 2 aromatic heterocycles. The van der Waals surface area contributed by atoms with Gasteiger partial charge in [0.2, 0.25) is 5.88 Å². The first-order valence-corrected chi connectivity index (χ1v) is 9.68. The summed E-state index contributed by atoms with van der Waals surface area (Å²) in [6.45, 7) is 2.00. The van der Waals surface area contributed by atoms with Gasteiger partial charge in [-0.25, -0.2) is 9.36 Å². The van der Waals surface area contributed by atoms with E-state index in [1.54, 1.807) is 80.0 Å². The van der Waals surface area contributed by atoms with Crippen molar-refractivity contribution in [2.75, 3.05) is 6.61 Å². The Kier molecular flexibility index (Phi) is 5.57. The average molecular weight is 413 g/mol. The third-order valence-electron chi connectivity index (χ3n) is 4.73. The lowest BCUT2D eigenvalue weighted by molar-refractivity contribution is 0.0526. The van der Waals surface area contributed by atoms with E-state index in [0.717, 1.165) is 0 Å². The third-order valence-corrected chi connectivity index (χ3v) is 4.73. The number of hydrogen-bond donors (Lipinski definition) is 1. The molecule has 0 bridgehead atoms. The summed E-state index contributed by atoms with van der Waals surface area (Å²) >= 11 is 0. The molecular weight excluding hydrogens is 394 g/mol. The Bertz CT molecular complexity index is 1330. The molecule has 31 heavy (non-hydrogen) atoms. The lowest BCUT2D eigenvalue weighted by Gasteiger charge is -2.14. The minimum Gasteiger partial charge on any atom is -0.494 e. The molecule has 2 aromatic carbocycles. The zero-order valence-corrected chi connectivity index (χ0v) is 16.7. The number of fused-ring (bicyclic) bond motifs is 1. The van der Waals surface area contributed by atoms with Crippen LogP contribution in [0.15, 0.2) is 82.8 Å². The molecule has 4 aromatic rings. The molecule has 0 fully saturated rings. The molecule has 0 unspecified atom stereocenters. The first-order chi connectivity index (χ1) is 15.1. The van der Waals surface area contributed by atoms with Crippen molar-refractivity contribution in [1.29, 1.82) is 0 Å². The summed E-state index contributed by atoms with van der Waals surface area (Å²) in [4.78, 5) is 33.5. The molecule has 0 atom stereocenters. The topological polar surface area (TPSA) is 93.8 Å². The molecule has 7 nitrogen and oxygen atoms in total. The second-order valence-corrected chi connectivity index (χ2v) is 6.66. The molecule has 0 saturated heterocycles. The number of pyridine rings is 2. The molecule has 0 spiro atoms. The summed E-state index contributed by atoms with van der Waals surface area (Å²) in [6, 6.07) is 16.8. The van der Waals surface area contributed by atoms with E-state index in [9.17, 15) is 14.7 Å². The van der Waals surface area contributed by atoms with Crippen LogP contribution in [0.1, 0.15) is 22.8 Å². The second kappa shape index (κ2) is 8.62. The average Bonchev–Trinajstić information content (AvgIpc) is 2.80. The van der Waals surface area contributed by atoms with Crippen molar-refractivity contribution in [2.45, 2.75) is 6.92 Å². The summed E-state index contributed by atoms with van der Waals surface area (Å²) in [5.41, 5.74) is 1.40. The van der Waals surface area contributed by atoms with Crippen molar-refractivity contribution in [3.8, 4) is 11.6 Å². The number of esters is 1. The number of hydrogen-bond acceptors (Lipinski definition) is 6. The number of aliphatic imine (C=N–C) groups is 1. The maximum atomic E-state index is 13.2. The fraction of sp³-hybridized carbons (Fsp3) is 0.0833. The smallest absolute Gasteiger partial charge is 0.338 e. The fourth-order valence-corrected chi connectivity index (χ4v) is 3.26. The minimum atomic E-state index is -0.451. The zero-order chi connectivity index (χ0) is 21.8. The van der Waals surface area contributed by atoms with E-state index in [1.807, 2.05) is 0 Å². The van der Waals surface area contributed by atoms with Gasteiger partial charge in [-0.3, -0.25) is 14.8 Å². The lowest BCUT2D eigenvalue weighted by atomic mass is 10.1. The number of ether oxygens (including phenoxy) is 1. The Morgan fingerprint density at radius 2 is 1.84 bits per heavy atom. The third kappa shape index (κ3) is 3.93. The Morgan fingerprint density at radius 1 is 1.10 bits per heavy atom. The summed E-state index contributed by atoms with van der Waals surface area (Å²) in [6.07, 6.45) is 4.75. The Labute approximate surface area is 177 Å². The zero-order valence-electron chi connectivity index (χ0n) is 16.7. The van der Waals surface area contributed by atoms with Crippen LogP contribution in [0.4, 0.5) is 5.69 Å². The van der Waals surface area contributed by atoms with Crippen LogP contribution in [0.2, 0.25) is 0 Å². The highest BCUT2D eigenvalue weighted by Crippen LogP contribution is 2.26. The number of benzene rings is 2. The van der Waals surface area contributed by atoms with Crippen molar-refractivity contribution in [1.82, 2.24) is 9.55 Å². The number of carbonyl (C=O) groups is 1. The Balaban J connectivity index is 1.87. The number of carbonyl (C=O) groups excluding carboxylic acids is 1. The molecule has 1 N–H and O–H groups in total. The van der Waals surface area contributed by atoms with Crippen molar-refractivity contribution < 1.29 is 14.6 Å². The highest BCUT2D eigenvalue weighted by molar-refractivity contribution is 6.02. The maximum Gasteiger partial charge on any atom is 0.338 e. The minimum absolute atomic E-state index is 0.250. The summed E-state index contributed by atoms with van der Waals surface area (Å²) in [5, 5.41) is 12.0. The van der Waals surface area contributed by atoms with E-state index in [1.165, 1.54) is 10.8 Å². The highest BCUT2D eigenvalue weighted by atomic mass is 16.5. The van der Waals surface area contributed by atoms with Gasteiger partial charge in [0.05, 0.1) is 35.3 Å². The van der Waals surface area contributed by atoms with Crippen molar-refractivity contribution in [2.24, 2.45) is 4.99 Å². The van der Waals surface area contributed by atoms with Gasteiger partial charge in [0.25, 0.3) is 5.56 Å². The Morgan fingerprint density at radius 3 is 2.52 bits per heavy atom. The van der Waals surface area contributed by atoms with E-state index >= 15 is 0 Å². The van der Waals surface area contributed by atoms with Crippen LogP contribution in [0.5, 0.6) is 5.88 Å². The number of nitrogens with zero attached hydrogens (tertiary/aromatic N) is 3. The van der Waals surface area contributed by atoms with Crippen LogP contribution in [0.3, 0.4) is 0 Å². The van der Waals surface area contributed by atoms with Gasteiger partial charge in [0.15, 0.2) is 0 Å². The van der Waals surface area contributed by atoms with Crippen molar-refractivity contribution >= 4 is 28.6 Å². The fourth-order valence-electron chi connectivity index (χ4n) is 3.26. The van der Waals surface area contributed by atoms with Gasteiger partial charge >= 0.3 is 5.97 Å². The first-order valence-electron chi connectivity index (χ1n) is 9.68. The van der Waals surface area contributed by atoms with Crippen LogP contribution >= 0.6 is 0 Å². The van der Waals surface area contributed by atoms with Gasteiger partial charge in [0, 0.05) is 23.2 Å². The van der Waals surface area contributed by atoms with Gasteiger partial charge in [-0.1, -0.05) is 18.2 Å². The highest BCUT2D eigenvalue weighted by Gasteiger charge is 2.17. The Hall–Kier alpha value is -4.26. The SMILES string of the molecule is CCOC(=O)c1ccc(-n2c(O)c(C=Nc3cccnc3)c3ccccc3c2=O)cc1. The van der Waals surface area contributed by atoms with Crippen LogP contribution in [0, 0.1) is 0 Å². The molecule has 0 saturated carbocycles. The second-order valence-electron chi connectivity index (χ2n) is 6.66. The molecule has 0 aliphatic heterocycles. The molecule has 0 radical (unpaired) electrons. The quantitative estimate of drug-likeness (QED) is 0.394. The van der Waals surface area contributed by atoms with Gasteiger partial charge in [-0.2, -0.15) is 0 Å². The van der Waals surface area contributed by atoms with Gasteiger partial charge in [0.1, 0.15) is 0 Å². The molecule has 154 valence electrons.